The second-order valence-corrected chi connectivity index (χ2v) is 7.44. The molecule has 98 valence electrons. The SMILES string of the molecule is Cc1cccc2c1[nH]c(=S)n2CCc1ccc(Br)s1. The highest BCUT2D eigenvalue weighted by atomic mass is 79.9. The molecule has 2 nitrogen and oxygen atoms in total. The van der Waals surface area contributed by atoms with Gasteiger partial charge in [0, 0.05) is 11.4 Å². The molecule has 0 fully saturated rings. The highest BCUT2D eigenvalue weighted by molar-refractivity contribution is 9.11. The fraction of sp³-hybridized carbons (Fsp3) is 0.214. The van der Waals surface area contributed by atoms with Gasteiger partial charge in [-0.1, -0.05) is 12.1 Å². The van der Waals surface area contributed by atoms with Crippen molar-refractivity contribution in [3.63, 3.8) is 0 Å². The Morgan fingerprint density at radius 3 is 2.89 bits per heavy atom. The third-order valence-electron chi connectivity index (χ3n) is 3.23. The number of para-hydroxylation sites is 1. The topological polar surface area (TPSA) is 20.7 Å². The Kier molecular flexibility index (Phi) is 3.60. The Labute approximate surface area is 129 Å². The van der Waals surface area contributed by atoms with Crippen molar-refractivity contribution in [1.82, 2.24) is 9.55 Å². The minimum Gasteiger partial charge on any atom is -0.330 e. The molecule has 5 heteroatoms. The molecule has 1 N–H and O–H groups in total. The van der Waals surface area contributed by atoms with Gasteiger partial charge in [-0.2, -0.15) is 0 Å². The molecule has 2 aromatic heterocycles. The average Bonchev–Trinajstić information content (AvgIpc) is 2.92. The Morgan fingerprint density at radius 1 is 1.32 bits per heavy atom. The van der Waals surface area contributed by atoms with Crippen LogP contribution in [0.5, 0.6) is 0 Å². The standard InChI is InChI=1S/C14H13BrN2S2/c1-9-3-2-4-11-13(9)16-14(18)17(11)8-7-10-5-6-12(15)19-10/h2-6H,7-8H2,1H3,(H,16,18). The van der Waals surface area contributed by atoms with Gasteiger partial charge in [-0.3, -0.25) is 0 Å². The summed E-state index contributed by atoms with van der Waals surface area (Å²) in [4.78, 5) is 4.68. The van der Waals surface area contributed by atoms with Crippen LogP contribution in [0.1, 0.15) is 10.4 Å². The van der Waals surface area contributed by atoms with Crippen LogP contribution in [-0.2, 0) is 13.0 Å². The summed E-state index contributed by atoms with van der Waals surface area (Å²) in [6, 6.07) is 10.6. The van der Waals surface area contributed by atoms with Crippen LogP contribution in [0.2, 0.25) is 0 Å². The number of nitrogens with zero attached hydrogens (tertiary/aromatic N) is 1. The first kappa shape index (κ1) is 13.1. The molecule has 0 aliphatic heterocycles. The zero-order valence-corrected chi connectivity index (χ0v) is 13.7. The number of thiophene rings is 1. The summed E-state index contributed by atoms with van der Waals surface area (Å²) in [5, 5.41) is 0. The van der Waals surface area contributed by atoms with Crippen molar-refractivity contribution >= 4 is 50.5 Å². The van der Waals surface area contributed by atoms with Crippen LogP contribution in [0.3, 0.4) is 0 Å². The zero-order valence-electron chi connectivity index (χ0n) is 10.4. The predicted molar refractivity (Wildman–Crippen MR) is 87.6 cm³/mol. The number of halogens is 1. The van der Waals surface area contributed by atoms with Gasteiger partial charge in [0.25, 0.3) is 0 Å². The lowest BCUT2D eigenvalue weighted by Gasteiger charge is -2.03. The molecule has 0 amide bonds. The number of hydrogen-bond donors (Lipinski definition) is 1. The number of fused-ring (bicyclic) bond motifs is 1. The molecule has 0 spiro atoms. The van der Waals surface area contributed by atoms with E-state index in [2.05, 4.69) is 62.7 Å². The first-order valence-corrected chi connectivity index (χ1v) is 8.09. The molecule has 3 rings (SSSR count). The normalized spacial score (nSPS) is 11.3. The van der Waals surface area contributed by atoms with Gasteiger partial charge in [-0.05, 0) is 65.3 Å². The van der Waals surface area contributed by atoms with Crippen molar-refractivity contribution in [1.29, 1.82) is 0 Å². The van der Waals surface area contributed by atoms with E-state index in [1.165, 1.54) is 19.7 Å². The van der Waals surface area contributed by atoms with Crippen molar-refractivity contribution in [2.45, 2.75) is 19.9 Å². The number of benzene rings is 1. The third kappa shape index (κ3) is 2.55. The number of nitrogens with one attached hydrogen (secondary N) is 1. The Morgan fingerprint density at radius 2 is 2.16 bits per heavy atom. The minimum absolute atomic E-state index is 0.805. The van der Waals surface area contributed by atoms with Gasteiger partial charge in [0.2, 0.25) is 0 Å². The van der Waals surface area contributed by atoms with Crippen LogP contribution in [0.15, 0.2) is 34.1 Å². The van der Waals surface area contributed by atoms with Gasteiger partial charge in [-0.15, -0.1) is 11.3 Å². The van der Waals surface area contributed by atoms with Crippen LogP contribution in [-0.4, -0.2) is 9.55 Å². The largest absolute Gasteiger partial charge is 0.330 e. The molecule has 19 heavy (non-hydrogen) atoms. The minimum atomic E-state index is 0.805. The summed E-state index contributed by atoms with van der Waals surface area (Å²) in [6.45, 7) is 3.02. The van der Waals surface area contributed by atoms with Crippen molar-refractivity contribution in [3.8, 4) is 0 Å². The zero-order chi connectivity index (χ0) is 13.4. The Hall–Kier alpha value is -0.910. The molecule has 0 saturated heterocycles. The molecular formula is C14H13BrN2S2. The monoisotopic (exact) mass is 352 g/mol. The number of aromatic amines is 1. The van der Waals surface area contributed by atoms with Gasteiger partial charge in [0.15, 0.2) is 4.77 Å². The van der Waals surface area contributed by atoms with Crippen molar-refractivity contribution in [3.05, 3.63) is 49.3 Å². The van der Waals surface area contributed by atoms with Gasteiger partial charge < -0.3 is 9.55 Å². The van der Waals surface area contributed by atoms with Crippen molar-refractivity contribution in [2.75, 3.05) is 0 Å². The number of H-pyrrole nitrogens is 1. The number of rotatable bonds is 3. The van der Waals surface area contributed by atoms with E-state index in [4.69, 9.17) is 12.2 Å². The number of imidazole rings is 1. The molecule has 0 aliphatic rings. The van der Waals surface area contributed by atoms with E-state index in [9.17, 15) is 0 Å². The van der Waals surface area contributed by atoms with Crippen LogP contribution in [0, 0.1) is 11.7 Å². The second kappa shape index (κ2) is 5.23. The van der Waals surface area contributed by atoms with E-state index < -0.39 is 0 Å². The van der Waals surface area contributed by atoms with Crippen molar-refractivity contribution < 1.29 is 0 Å². The van der Waals surface area contributed by atoms with Crippen LogP contribution < -0.4 is 0 Å². The summed E-state index contributed by atoms with van der Waals surface area (Å²) in [5.74, 6) is 0. The lowest BCUT2D eigenvalue weighted by molar-refractivity contribution is 0.712. The molecule has 0 atom stereocenters. The molecular weight excluding hydrogens is 340 g/mol. The summed E-state index contributed by atoms with van der Waals surface area (Å²) in [7, 11) is 0. The molecule has 0 radical (unpaired) electrons. The molecule has 3 aromatic rings. The van der Waals surface area contributed by atoms with Gasteiger partial charge in [0.1, 0.15) is 0 Å². The van der Waals surface area contributed by atoms with Gasteiger partial charge in [0.05, 0.1) is 14.8 Å². The number of aromatic nitrogens is 2. The third-order valence-corrected chi connectivity index (χ3v) is 5.24. The summed E-state index contributed by atoms with van der Waals surface area (Å²) >= 11 is 10.7. The summed E-state index contributed by atoms with van der Waals surface area (Å²) in [6.07, 6.45) is 1.01. The highest BCUT2D eigenvalue weighted by Crippen LogP contribution is 2.24. The molecule has 0 aliphatic carbocycles. The van der Waals surface area contributed by atoms with Gasteiger partial charge >= 0.3 is 0 Å². The molecule has 0 bridgehead atoms. The van der Waals surface area contributed by atoms with E-state index in [-0.39, 0.29) is 0 Å². The fourth-order valence-electron chi connectivity index (χ4n) is 2.25. The quantitative estimate of drug-likeness (QED) is 0.652. The maximum Gasteiger partial charge on any atom is 0.178 e. The highest BCUT2D eigenvalue weighted by Gasteiger charge is 2.06. The fourth-order valence-corrected chi connectivity index (χ4v) is 4.02. The Balaban J connectivity index is 1.95. The van der Waals surface area contributed by atoms with E-state index in [0.717, 1.165) is 23.3 Å². The number of hydrogen-bond acceptors (Lipinski definition) is 2. The van der Waals surface area contributed by atoms with Gasteiger partial charge in [-0.25, -0.2) is 0 Å². The van der Waals surface area contributed by atoms with E-state index >= 15 is 0 Å². The van der Waals surface area contributed by atoms with Crippen LogP contribution >= 0.6 is 39.5 Å². The second-order valence-electron chi connectivity index (χ2n) is 4.51. The van der Waals surface area contributed by atoms with Crippen LogP contribution in [0.25, 0.3) is 11.0 Å². The lowest BCUT2D eigenvalue weighted by atomic mass is 10.2. The molecule has 1 aromatic carbocycles. The van der Waals surface area contributed by atoms with Crippen molar-refractivity contribution in [2.24, 2.45) is 0 Å². The maximum absolute atomic E-state index is 5.43. The van der Waals surface area contributed by atoms with E-state index in [1.54, 1.807) is 11.3 Å². The maximum atomic E-state index is 5.43. The lowest BCUT2D eigenvalue weighted by Crippen LogP contribution is -2.00. The average molecular weight is 353 g/mol. The summed E-state index contributed by atoms with van der Waals surface area (Å²) < 4.78 is 4.17. The smallest absolute Gasteiger partial charge is 0.178 e. The first-order chi connectivity index (χ1) is 9.15. The van der Waals surface area contributed by atoms with E-state index in [1.807, 2.05) is 0 Å². The summed E-state index contributed by atoms with van der Waals surface area (Å²) in [5.41, 5.74) is 3.58. The van der Waals surface area contributed by atoms with Crippen LogP contribution in [0.4, 0.5) is 0 Å². The number of aryl methyl sites for hydroxylation is 3. The molecule has 0 saturated carbocycles. The molecule has 2 heterocycles. The first-order valence-electron chi connectivity index (χ1n) is 6.07. The Bertz CT molecular complexity index is 782. The van der Waals surface area contributed by atoms with E-state index in [0.29, 0.717) is 0 Å². The predicted octanol–water partition coefficient (Wildman–Crippen LogP) is 5.07. The molecule has 0 unspecified atom stereocenters.